The van der Waals surface area contributed by atoms with Gasteiger partial charge in [-0.1, -0.05) is 179 Å². The lowest BCUT2D eigenvalue weighted by Gasteiger charge is -2.33. The van der Waals surface area contributed by atoms with E-state index >= 15 is 0 Å². The van der Waals surface area contributed by atoms with Crippen LogP contribution in [0.4, 0.5) is 0 Å². The predicted molar refractivity (Wildman–Crippen MR) is 330 cm³/mol. The average Bonchev–Trinajstić information content (AvgIpc) is 4.15. The van der Waals surface area contributed by atoms with E-state index in [1.807, 2.05) is 0 Å². The fraction of sp³-hybridized carbons (Fsp3) is 0.164. The summed E-state index contributed by atoms with van der Waals surface area (Å²) in [7, 11) is 0. The van der Waals surface area contributed by atoms with E-state index < -0.39 is 0 Å². The number of aryl methyl sites for hydroxylation is 4. The third-order valence-electron chi connectivity index (χ3n) is 16.7. The highest BCUT2D eigenvalue weighted by molar-refractivity contribution is 6.17. The Morgan fingerprint density at radius 2 is 0.628 bits per heavy atom. The van der Waals surface area contributed by atoms with Gasteiger partial charge in [0.25, 0.3) is 0 Å². The molecular formula is C73H61N5. The second kappa shape index (κ2) is 16.9. The van der Waals surface area contributed by atoms with Crippen molar-refractivity contribution in [1.29, 1.82) is 5.26 Å². The second-order valence-electron chi connectivity index (χ2n) is 24.0. The van der Waals surface area contributed by atoms with Crippen LogP contribution in [0.3, 0.4) is 0 Å². The largest absolute Gasteiger partial charge is 0.306 e. The van der Waals surface area contributed by atoms with Crippen LogP contribution in [-0.2, 0) is 10.8 Å². The van der Waals surface area contributed by atoms with Crippen molar-refractivity contribution >= 4 is 87.2 Å². The molecule has 0 aliphatic carbocycles. The molecule has 0 fully saturated rings. The standard InChI is InChI=1S/C73H61N5/c1-43-27-33-63-53(37-43)54-38-44(2)28-34-64(54)77(63)70-67(52-32-31-47(72(5,6)7)41-58(52)73(8,9)10)71(78-65-35-29-45(3)39-55(65)56-40-46(4)30-36-66(56)78)69(76-61-25-17-13-21-50(61)51-22-14-18-26-62(51)76)57(42-74)68(70)75-59-23-15-11-19-48(59)49-20-12-16-24-60(49)75/h11-41H,1-10H3. The third kappa shape index (κ3) is 6.85. The number of nitrogens with zero attached hydrogens (tertiary/aromatic N) is 5. The molecule has 5 nitrogen and oxygen atoms in total. The van der Waals surface area contributed by atoms with Crippen LogP contribution in [0.5, 0.6) is 0 Å². The topological polar surface area (TPSA) is 43.5 Å². The monoisotopic (exact) mass is 1010 g/mol. The number of aromatic nitrogens is 4. The van der Waals surface area contributed by atoms with Crippen LogP contribution in [0.25, 0.3) is 121 Å². The first-order chi connectivity index (χ1) is 37.6. The number of para-hydroxylation sites is 4. The third-order valence-corrected chi connectivity index (χ3v) is 16.7. The van der Waals surface area contributed by atoms with Crippen molar-refractivity contribution in [1.82, 2.24) is 18.3 Å². The lowest BCUT2D eigenvalue weighted by atomic mass is 9.76. The van der Waals surface area contributed by atoms with E-state index in [-0.39, 0.29) is 10.8 Å². The quantitative estimate of drug-likeness (QED) is 0.169. The van der Waals surface area contributed by atoms with E-state index in [0.29, 0.717) is 5.56 Å². The molecule has 0 saturated heterocycles. The van der Waals surface area contributed by atoms with Crippen LogP contribution in [0, 0.1) is 39.0 Å². The highest BCUT2D eigenvalue weighted by atomic mass is 15.1. The first-order valence-corrected chi connectivity index (χ1v) is 27.4. The number of hydrogen-bond acceptors (Lipinski definition) is 1. The molecule has 0 N–H and O–H groups in total. The van der Waals surface area contributed by atoms with Crippen LogP contribution in [0.2, 0.25) is 0 Å². The van der Waals surface area contributed by atoms with Crippen LogP contribution < -0.4 is 0 Å². The highest BCUT2D eigenvalue weighted by Crippen LogP contribution is 2.54. The maximum Gasteiger partial charge on any atom is 0.104 e. The molecule has 0 atom stereocenters. The van der Waals surface area contributed by atoms with Crippen molar-refractivity contribution in [3.05, 3.63) is 227 Å². The number of nitriles is 1. The van der Waals surface area contributed by atoms with Gasteiger partial charge in [0.15, 0.2) is 0 Å². The smallest absolute Gasteiger partial charge is 0.104 e. The molecule has 0 aliphatic rings. The molecule has 0 saturated carbocycles. The maximum absolute atomic E-state index is 13.0. The summed E-state index contributed by atoms with van der Waals surface area (Å²) in [6.07, 6.45) is 0. The van der Waals surface area contributed by atoms with Crippen molar-refractivity contribution < 1.29 is 0 Å². The molecule has 0 bridgehead atoms. The Hall–Kier alpha value is -9.11. The summed E-state index contributed by atoms with van der Waals surface area (Å²) in [5, 5.41) is 22.2. The van der Waals surface area contributed by atoms with Crippen molar-refractivity contribution in [2.45, 2.75) is 80.1 Å². The Morgan fingerprint density at radius 3 is 0.936 bits per heavy atom. The molecule has 4 aromatic heterocycles. The molecule has 0 aliphatic heterocycles. The predicted octanol–water partition coefficient (Wildman–Crippen LogP) is 19.4. The molecule has 14 rings (SSSR count). The zero-order valence-corrected chi connectivity index (χ0v) is 46.1. The van der Waals surface area contributed by atoms with Crippen molar-refractivity contribution in [2.75, 3.05) is 0 Å². The zero-order chi connectivity index (χ0) is 53.7. The number of rotatable bonds is 5. The molecule has 14 aromatic rings. The maximum atomic E-state index is 13.0. The first kappa shape index (κ1) is 47.3. The molecule has 378 valence electrons. The van der Waals surface area contributed by atoms with Crippen molar-refractivity contribution in [3.63, 3.8) is 0 Å². The fourth-order valence-corrected chi connectivity index (χ4v) is 13.1. The molecule has 4 heterocycles. The highest BCUT2D eigenvalue weighted by Gasteiger charge is 2.37. The van der Waals surface area contributed by atoms with Gasteiger partial charge < -0.3 is 18.3 Å². The zero-order valence-electron chi connectivity index (χ0n) is 46.1. The van der Waals surface area contributed by atoms with Crippen LogP contribution in [-0.4, -0.2) is 18.3 Å². The van der Waals surface area contributed by atoms with Gasteiger partial charge in [0.1, 0.15) is 11.6 Å². The summed E-state index contributed by atoms with van der Waals surface area (Å²) in [6, 6.07) is 73.1. The van der Waals surface area contributed by atoms with E-state index in [9.17, 15) is 5.26 Å². The van der Waals surface area contributed by atoms with Crippen LogP contribution >= 0.6 is 0 Å². The minimum Gasteiger partial charge on any atom is -0.306 e. The summed E-state index contributed by atoms with van der Waals surface area (Å²) in [5.74, 6) is 0. The Balaban J connectivity index is 1.39. The van der Waals surface area contributed by atoms with Crippen molar-refractivity contribution in [2.24, 2.45) is 0 Å². The lowest BCUT2D eigenvalue weighted by molar-refractivity contribution is 0.569. The molecule has 0 unspecified atom stereocenters. The molecular weight excluding hydrogens is 947 g/mol. The lowest BCUT2D eigenvalue weighted by Crippen LogP contribution is -2.20. The van der Waals surface area contributed by atoms with Gasteiger partial charge in [0, 0.05) is 48.7 Å². The summed E-state index contributed by atoms with van der Waals surface area (Å²) in [4.78, 5) is 0. The SMILES string of the molecule is Cc1ccc2c(c1)c1cc(C)ccc1n2-c1c(-c2ccc(C(C)(C)C)cc2C(C)(C)C)c(-n2c3ccc(C)cc3c3cc(C)ccc32)c(-n2c3ccccc3c3ccccc32)c(C#N)c1-n1c2ccccc2c2ccccc21. The Bertz CT molecular complexity index is 4430. The number of fused-ring (bicyclic) bond motifs is 12. The van der Waals surface area contributed by atoms with Gasteiger partial charge in [-0.25, -0.2) is 0 Å². The number of benzene rings is 10. The Morgan fingerprint density at radius 1 is 0.321 bits per heavy atom. The van der Waals surface area contributed by atoms with Crippen LogP contribution in [0.1, 0.15) is 80.5 Å². The van der Waals surface area contributed by atoms with E-state index in [1.165, 1.54) is 54.9 Å². The van der Waals surface area contributed by atoms with Gasteiger partial charge in [0.2, 0.25) is 0 Å². The minimum absolute atomic E-state index is 0.137. The molecule has 0 amide bonds. The molecule has 10 aromatic carbocycles. The summed E-state index contributed by atoms with van der Waals surface area (Å²) < 4.78 is 9.93. The van der Waals surface area contributed by atoms with Gasteiger partial charge in [-0.15, -0.1) is 0 Å². The molecule has 0 spiro atoms. The summed E-state index contributed by atoms with van der Waals surface area (Å²) >= 11 is 0. The average molecular weight is 1010 g/mol. The summed E-state index contributed by atoms with van der Waals surface area (Å²) in [5.41, 5.74) is 21.4. The van der Waals surface area contributed by atoms with Crippen LogP contribution in [0.15, 0.2) is 188 Å². The summed E-state index contributed by atoms with van der Waals surface area (Å²) in [6.45, 7) is 22.8. The molecule has 0 radical (unpaired) electrons. The van der Waals surface area contributed by atoms with E-state index in [1.54, 1.807) is 0 Å². The van der Waals surface area contributed by atoms with Gasteiger partial charge >= 0.3 is 0 Å². The Labute approximate surface area is 455 Å². The van der Waals surface area contributed by atoms with Gasteiger partial charge in [-0.3, -0.25) is 0 Å². The Kier molecular flexibility index (Phi) is 10.3. The molecule has 78 heavy (non-hydrogen) atoms. The molecule has 5 heteroatoms. The first-order valence-electron chi connectivity index (χ1n) is 27.4. The second-order valence-corrected chi connectivity index (χ2v) is 24.0. The van der Waals surface area contributed by atoms with E-state index in [4.69, 9.17) is 0 Å². The van der Waals surface area contributed by atoms with Gasteiger partial charge in [-0.05, 0) is 128 Å². The number of hydrogen-bond donors (Lipinski definition) is 0. The normalized spacial score (nSPS) is 12.5. The minimum atomic E-state index is -0.344. The fourth-order valence-electron chi connectivity index (χ4n) is 13.1. The van der Waals surface area contributed by atoms with E-state index in [2.05, 4.69) is 282 Å². The van der Waals surface area contributed by atoms with E-state index in [0.717, 1.165) is 99.6 Å². The van der Waals surface area contributed by atoms with Gasteiger partial charge in [-0.2, -0.15) is 5.26 Å². The van der Waals surface area contributed by atoms with Gasteiger partial charge in [0.05, 0.1) is 66.9 Å². The van der Waals surface area contributed by atoms with Crippen molar-refractivity contribution in [3.8, 4) is 39.9 Å².